The molecule has 3 aromatic rings. The summed E-state index contributed by atoms with van der Waals surface area (Å²) in [5.74, 6) is 0.817. The van der Waals surface area contributed by atoms with E-state index in [0.717, 1.165) is 48.3 Å². The fraction of sp³-hybridized carbons (Fsp3) is 0.400. The second-order valence-electron chi connectivity index (χ2n) is 7.60. The summed E-state index contributed by atoms with van der Waals surface area (Å²) in [6.45, 7) is 4.45. The van der Waals surface area contributed by atoms with Gasteiger partial charge >= 0.3 is 0 Å². The van der Waals surface area contributed by atoms with E-state index < -0.39 is 0 Å². The van der Waals surface area contributed by atoms with Crippen LogP contribution in [0.25, 0.3) is 16.8 Å². The Labute approximate surface area is 157 Å². The van der Waals surface area contributed by atoms with Gasteiger partial charge in [-0.15, -0.1) is 0 Å². The summed E-state index contributed by atoms with van der Waals surface area (Å²) in [5.41, 5.74) is 4.02. The Bertz CT molecular complexity index is 1030. The van der Waals surface area contributed by atoms with Gasteiger partial charge in [0.1, 0.15) is 0 Å². The van der Waals surface area contributed by atoms with Gasteiger partial charge in [0.15, 0.2) is 0 Å². The lowest BCUT2D eigenvalue weighted by molar-refractivity contribution is -0.134. The largest absolute Gasteiger partial charge is 0.336 e. The molecule has 1 amide bonds. The van der Waals surface area contributed by atoms with Crippen LogP contribution in [0.15, 0.2) is 43.5 Å². The number of aromatic nitrogens is 5. The van der Waals surface area contributed by atoms with Gasteiger partial charge in [0.25, 0.3) is 0 Å². The van der Waals surface area contributed by atoms with E-state index in [1.807, 2.05) is 47.3 Å². The van der Waals surface area contributed by atoms with Crippen molar-refractivity contribution >= 4 is 11.4 Å². The molecule has 3 atom stereocenters. The smallest absolute Gasteiger partial charge is 0.246 e. The molecule has 5 heterocycles. The molecule has 3 aliphatic rings. The molecule has 1 saturated carbocycles. The van der Waals surface area contributed by atoms with Crippen LogP contribution < -0.4 is 0 Å². The zero-order chi connectivity index (χ0) is 18.5. The standard InChI is InChI=1S/C20H22N6O/c1-3-19(27)25-11-13-4-5-15(25)8-16(13)20-18-6-7-21-26(18)12-17(23-20)14-9-22-24(2)10-14/h3,6-7,9-10,12-13,15-16H,1,4-5,8,11H2,2H3. The van der Waals surface area contributed by atoms with E-state index in [2.05, 4.69) is 16.8 Å². The minimum atomic E-state index is 0.0507. The van der Waals surface area contributed by atoms with Crippen LogP contribution in [-0.4, -0.2) is 47.8 Å². The zero-order valence-electron chi connectivity index (χ0n) is 15.3. The van der Waals surface area contributed by atoms with Crippen LogP contribution >= 0.6 is 0 Å². The third kappa shape index (κ3) is 2.57. The van der Waals surface area contributed by atoms with Crippen molar-refractivity contribution < 1.29 is 4.79 Å². The number of amides is 1. The summed E-state index contributed by atoms with van der Waals surface area (Å²) in [4.78, 5) is 19.2. The van der Waals surface area contributed by atoms with Crippen molar-refractivity contribution in [2.75, 3.05) is 6.54 Å². The van der Waals surface area contributed by atoms with Crippen molar-refractivity contribution in [1.82, 2.24) is 29.3 Å². The van der Waals surface area contributed by atoms with Crippen LogP contribution in [0.2, 0.25) is 0 Å². The Morgan fingerprint density at radius 1 is 1.30 bits per heavy atom. The molecule has 138 valence electrons. The van der Waals surface area contributed by atoms with Crippen LogP contribution in [0.5, 0.6) is 0 Å². The Kier molecular flexibility index (Phi) is 3.63. The lowest BCUT2D eigenvalue weighted by atomic mass is 9.70. The van der Waals surface area contributed by atoms with E-state index in [1.165, 1.54) is 6.08 Å². The molecule has 7 heteroatoms. The number of carbonyl (C=O) groups is 1. The summed E-state index contributed by atoms with van der Waals surface area (Å²) in [5, 5.41) is 8.73. The van der Waals surface area contributed by atoms with Crippen molar-refractivity contribution in [3.63, 3.8) is 0 Å². The summed E-state index contributed by atoms with van der Waals surface area (Å²) < 4.78 is 3.70. The molecular weight excluding hydrogens is 340 g/mol. The van der Waals surface area contributed by atoms with Crippen LogP contribution in [-0.2, 0) is 11.8 Å². The van der Waals surface area contributed by atoms with Crippen molar-refractivity contribution in [2.24, 2.45) is 13.0 Å². The van der Waals surface area contributed by atoms with Gasteiger partial charge in [-0.3, -0.25) is 9.48 Å². The maximum Gasteiger partial charge on any atom is 0.246 e. The fourth-order valence-electron chi connectivity index (χ4n) is 4.75. The SMILES string of the molecule is C=CC(=O)N1CC2CCC1CC2c1nc(-c2cnn(C)c2)cn2nccc12. The first kappa shape index (κ1) is 16.2. The highest BCUT2D eigenvalue weighted by atomic mass is 16.2. The molecule has 1 aliphatic carbocycles. The van der Waals surface area contributed by atoms with E-state index in [1.54, 1.807) is 4.68 Å². The van der Waals surface area contributed by atoms with Gasteiger partial charge in [-0.05, 0) is 37.3 Å². The molecule has 0 spiro atoms. The summed E-state index contributed by atoms with van der Waals surface area (Å²) in [6, 6.07) is 2.31. The van der Waals surface area contributed by atoms with Crippen LogP contribution in [0, 0.1) is 5.92 Å². The zero-order valence-corrected chi connectivity index (χ0v) is 15.3. The number of hydrogen-bond acceptors (Lipinski definition) is 4. The van der Waals surface area contributed by atoms with Crippen LogP contribution in [0.4, 0.5) is 0 Å². The van der Waals surface area contributed by atoms with Crippen molar-refractivity contribution in [3.8, 4) is 11.3 Å². The molecule has 3 unspecified atom stereocenters. The molecule has 27 heavy (non-hydrogen) atoms. The summed E-state index contributed by atoms with van der Waals surface area (Å²) in [6.07, 6.45) is 12.2. The lowest BCUT2D eigenvalue weighted by Gasteiger charge is -2.49. The number of hydrogen-bond donors (Lipinski definition) is 0. The fourth-order valence-corrected chi connectivity index (χ4v) is 4.75. The molecule has 3 aromatic heterocycles. The predicted octanol–water partition coefficient (Wildman–Crippen LogP) is 2.41. The monoisotopic (exact) mass is 362 g/mol. The molecule has 0 N–H and O–H groups in total. The number of rotatable bonds is 3. The van der Waals surface area contributed by atoms with E-state index >= 15 is 0 Å². The first-order chi connectivity index (χ1) is 13.1. The molecule has 2 aliphatic heterocycles. The van der Waals surface area contributed by atoms with E-state index in [0.29, 0.717) is 11.8 Å². The lowest BCUT2D eigenvalue weighted by Crippen LogP contribution is -2.53. The normalized spacial score (nSPS) is 24.5. The maximum atomic E-state index is 12.2. The minimum absolute atomic E-state index is 0.0507. The van der Waals surface area contributed by atoms with E-state index in [4.69, 9.17) is 4.98 Å². The van der Waals surface area contributed by atoms with Gasteiger partial charge in [0, 0.05) is 37.3 Å². The average molecular weight is 362 g/mol. The Balaban J connectivity index is 1.56. The number of fused-ring (bicyclic) bond motifs is 4. The molecule has 0 aromatic carbocycles. The van der Waals surface area contributed by atoms with E-state index in [9.17, 15) is 4.79 Å². The number of nitrogens with zero attached hydrogens (tertiary/aromatic N) is 6. The number of piperidine rings is 2. The highest BCUT2D eigenvalue weighted by Crippen LogP contribution is 2.45. The van der Waals surface area contributed by atoms with Crippen LogP contribution in [0.3, 0.4) is 0 Å². The predicted molar refractivity (Wildman–Crippen MR) is 101 cm³/mol. The first-order valence-corrected chi connectivity index (χ1v) is 9.40. The maximum absolute atomic E-state index is 12.2. The molecule has 6 rings (SSSR count). The van der Waals surface area contributed by atoms with Crippen molar-refractivity contribution in [2.45, 2.75) is 31.2 Å². The van der Waals surface area contributed by atoms with Crippen molar-refractivity contribution in [1.29, 1.82) is 0 Å². The molecular formula is C20H22N6O. The van der Waals surface area contributed by atoms with E-state index in [-0.39, 0.29) is 11.9 Å². The third-order valence-electron chi connectivity index (χ3n) is 6.07. The highest BCUT2D eigenvalue weighted by Gasteiger charge is 2.43. The third-order valence-corrected chi connectivity index (χ3v) is 6.07. The minimum Gasteiger partial charge on any atom is -0.336 e. The highest BCUT2D eigenvalue weighted by molar-refractivity contribution is 5.87. The molecule has 7 nitrogen and oxygen atoms in total. The quantitative estimate of drug-likeness (QED) is 0.671. The second kappa shape index (κ2) is 6.04. The Morgan fingerprint density at radius 2 is 2.19 bits per heavy atom. The number of carbonyl (C=O) groups excluding carboxylic acids is 1. The number of aryl methyl sites for hydroxylation is 1. The second-order valence-corrected chi connectivity index (χ2v) is 7.60. The molecule has 2 saturated heterocycles. The Morgan fingerprint density at radius 3 is 2.89 bits per heavy atom. The van der Waals surface area contributed by atoms with Gasteiger partial charge in [0.05, 0.1) is 35.5 Å². The van der Waals surface area contributed by atoms with Gasteiger partial charge in [-0.1, -0.05) is 6.58 Å². The van der Waals surface area contributed by atoms with Gasteiger partial charge < -0.3 is 4.90 Å². The van der Waals surface area contributed by atoms with Crippen LogP contribution in [0.1, 0.15) is 30.9 Å². The topological polar surface area (TPSA) is 68.3 Å². The van der Waals surface area contributed by atoms with Crippen molar-refractivity contribution in [3.05, 3.63) is 49.2 Å². The average Bonchev–Trinajstić information content (AvgIpc) is 3.35. The molecule has 3 fully saturated rings. The first-order valence-electron chi connectivity index (χ1n) is 9.40. The van der Waals surface area contributed by atoms with Gasteiger partial charge in [-0.25, -0.2) is 9.50 Å². The molecule has 0 radical (unpaired) electrons. The molecule has 2 bridgehead atoms. The summed E-state index contributed by atoms with van der Waals surface area (Å²) in [7, 11) is 1.90. The summed E-state index contributed by atoms with van der Waals surface area (Å²) >= 11 is 0. The van der Waals surface area contributed by atoms with Gasteiger partial charge in [-0.2, -0.15) is 10.2 Å². The Hall–Kier alpha value is -2.96. The van der Waals surface area contributed by atoms with Gasteiger partial charge in [0.2, 0.25) is 5.91 Å².